The summed E-state index contributed by atoms with van der Waals surface area (Å²) in [4.78, 5) is 25.2. The Morgan fingerprint density at radius 2 is 1.65 bits per heavy atom. The second kappa shape index (κ2) is 7.80. The standard InChI is InChI=1S/C20H32N4O2/c1-15-21-10-5-18(22-15)23-11-6-16(7-12-23)17-8-13-24(14-9-17)19(25)26-20(2,3)4/h5,10,16-17H,6-9,11-14H2,1-4H3. The van der Waals surface area contributed by atoms with Crippen molar-refractivity contribution in [3.05, 3.63) is 18.1 Å². The fourth-order valence-electron chi connectivity index (χ4n) is 4.10. The predicted molar refractivity (Wildman–Crippen MR) is 102 cm³/mol. The number of carbonyl (C=O) groups is 1. The van der Waals surface area contributed by atoms with Crippen LogP contribution in [-0.4, -0.2) is 52.7 Å². The van der Waals surface area contributed by atoms with Crippen molar-refractivity contribution in [3.63, 3.8) is 0 Å². The van der Waals surface area contributed by atoms with Crippen molar-refractivity contribution in [1.82, 2.24) is 14.9 Å². The molecule has 144 valence electrons. The van der Waals surface area contributed by atoms with Gasteiger partial charge in [0.05, 0.1) is 0 Å². The first-order chi connectivity index (χ1) is 12.3. The van der Waals surface area contributed by atoms with E-state index in [4.69, 9.17) is 4.74 Å². The van der Waals surface area contributed by atoms with Gasteiger partial charge in [-0.1, -0.05) is 0 Å². The molecule has 26 heavy (non-hydrogen) atoms. The van der Waals surface area contributed by atoms with E-state index in [9.17, 15) is 4.79 Å². The van der Waals surface area contributed by atoms with E-state index in [0.717, 1.165) is 62.5 Å². The molecule has 0 bridgehead atoms. The van der Waals surface area contributed by atoms with Gasteiger partial charge in [0.15, 0.2) is 0 Å². The largest absolute Gasteiger partial charge is 0.444 e. The summed E-state index contributed by atoms with van der Waals surface area (Å²) in [7, 11) is 0. The van der Waals surface area contributed by atoms with Crippen molar-refractivity contribution in [2.75, 3.05) is 31.1 Å². The Balaban J connectivity index is 1.46. The molecule has 6 heteroatoms. The van der Waals surface area contributed by atoms with Crippen molar-refractivity contribution in [1.29, 1.82) is 0 Å². The fraction of sp³-hybridized carbons (Fsp3) is 0.750. The van der Waals surface area contributed by atoms with E-state index in [0.29, 0.717) is 0 Å². The molecule has 0 spiro atoms. The Kier molecular flexibility index (Phi) is 5.68. The SMILES string of the molecule is Cc1nccc(N2CCC(C3CCN(C(=O)OC(C)(C)C)CC3)CC2)n1. The van der Waals surface area contributed by atoms with E-state index in [-0.39, 0.29) is 6.09 Å². The van der Waals surface area contributed by atoms with Gasteiger partial charge in [-0.15, -0.1) is 0 Å². The van der Waals surface area contributed by atoms with Gasteiger partial charge in [0.1, 0.15) is 17.2 Å². The van der Waals surface area contributed by atoms with Gasteiger partial charge < -0.3 is 14.5 Å². The normalized spacial score (nSPS) is 20.3. The number of nitrogens with zero attached hydrogens (tertiary/aromatic N) is 4. The summed E-state index contributed by atoms with van der Waals surface area (Å²) in [6.07, 6.45) is 6.29. The van der Waals surface area contributed by atoms with Crippen LogP contribution >= 0.6 is 0 Å². The van der Waals surface area contributed by atoms with Crippen LogP contribution in [0, 0.1) is 18.8 Å². The average molecular weight is 361 g/mol. The summed E-state index contributed by atoms with van der Waals surface area (Å²) >= 11 is 0. The van der Waals surface area contributed by atoms with E-state index in [2.05, 4.69) is 14.9 Å². The number of likely N-dealkylation sites (tertiary alicyclic amines) is 1. The van der Waals surface area contributed by atoms with E-state index in [1.54, 1.807) is 0 Å². The van der Waals surface area contributed by atoms with Gasteiger partial charge in [0.25, 0.3) is 0 Å². The molecule has 1 aromatic rings. The topological polar surface area (TPSA) is 58.6 Å². The van der Waals surface area contributed by atoms with Crippen molar-refractivity contribution in [2.45, 2.75) is 59.0 Å². The van der Waals surface area contributed by atoms with Crippen LogP contribution in [-0.2, 0) is 4.74 Å². The first-order valence-corrected chi connectivity index (χ1v) is 9.84. The van der Waals surface area contributed by atoms with Crippen molar-refractivity contribution < 1.29 is 9.53 Å². The number of aromatic nitrogens is 2. The first kappa shape index (κ1) is 18.9. The van der Waals surface area contributed by atoms with Gasteiger partial charge in [0.2, 0.25) is 0 Å². The lowest BCUT2D eigenvalue weighted by Crippen LogP contribution is -2.44. The molecule has 2 aliphatic rings. The average Bonchev–Trinajstić information content (AvgIpc) is 2.61. The zero-order chi connectivity index (χ0) is 18.7. The Morgan fingerprint density at radius 3 is 2.19 bits per heavy atom. The minimum atomic E-state index is -0.417. The van der Waals surface area contributed by atoms with E-state index < -0.39 is 5.60 Å². The number of hydrogen-bond donors (Lipinski definition) is 0. The molecule has 2 fully saturated rings. The highest BCUT2D eigenvalue weighted by molar-refractivity contribution is 5.68. The number of piperidine rings is 2. The van der Waals surface area contributed by atoms with Crippen LogP contribution in [0.1, 0.15) is 52.3 Å². The third-order valence-electron chi connectivity index (χ3n) is 5.48. The molecule has 2 aliphatic heterocycles. The van der Waals surface area contributed by atoms with Crippen molar-refractivity contribution in [2.24, 2.45) is 11.8 Å². The van der Waals surface area contributed by atoms with Crippen LogP contribution in [0.15, 0.2) is 12.3 Å². The molecule has 0 radical (unpaired) electrons. The summed E-state index contributed by atoms with van der Waals surface area (Å²) in [5, 5.41) is 0. The van der Waals surface area contributed by atoms with Crippen molar-refractivity contribution in [3.8, 4) is 0 Å². The highest BCUT2D eigenvalue weighted by atomic mass is 16.6. The Hall–Kier alpha value is -1.85. The molecule has 1 amide bonds. The number of carbonyl (C=O) groups excluding carboxylic acids is 1. The molecule has 3 rings (SSSR count). The number of amides is 1. The lowest BCUT2D eigenvalue weighted by atomic mass is 9.79. The van der Waals surface area contributed by atoms with E-state index in [1.807, 2.05) is 44.9 Å². The second-order valence-corrected chi connectivity index (χ2v) is 8.59. The van der Waals surface area contributed by atoms with Crippen LogP contribution in [0.4, 0.5) is 10.6 Å². The summed E-state index contributed by atoms with van der Waals surface area (Å²) < 4.78 is 5.50. The highest BCUT2D eigenvalue weighted by Gasteiger charge is 2.32. The van der Waals surface area contributed by atoms with Crippen LogP contribution in [0.5, 0.6) is 0 Å². The minimum Gasteiger partial charge on any atom is -0.444 e. The van der Waals surface area contributed by atoms with Gasteiger partial charge >= 0.3 is 6.09 Å². The van der Waals surface area contributed by atoms with Crippen molar-refractivity contribution >= 4 is 11.9 Å². The summed E-state index contributed by atoms with van der Waals surface area (Å²) in [6.45, 7) is 11.5. The maximum Gasteiger partial charge on any atom is 0.410 e. The summed E-state index contributed by atoms with van der Waals surface area (Å²) in [6, 6.07) is 2.01. The van der Waals surface area contributed by atoms with Gasteiger partial charge in [-0.05, 0) is 71.3 Å². The molecule has 0 saturated carbocycles. The maximum atomic E-state index is 12.2. The lowest BCUT2D eigenvalue weighted by Gasteiger charge is -2.40. The van der Waals surface area contributed by atoms with Gasteiger partial charge in [0, 0.05) is 32.4 Å². The molecular formula is C20H32N4O2. The third-order valence-corrected chi connectivity index (χ3v) is 5.48. The Bertz CT molecular complexity index is 612. The molecule has 0 N–H and O–H groups in total. The summed E-state index contributed by atoms with van der Waals surface area (Å²) in [5.41, 5.74) is -0.417. The monoisotopic (exact) mass is 360 g/mol. The molecule has 6 nitrogen and oxygen atoms in total. The maximum absolute atomic E-state index is 12.2. The smallest absolute Gasteiger partial charge is 0.410 e. The minimum absolute atomic E-state index is 0.162. The quantitative estimate of drug-likeness (QED) is 0.806. The van der Waals surface area contributed by atoms with Gasteiger partial charge in [-0.25, -0.2) is 14.8 Å². The van der Waals surface area contributed by atoms with Crippen LogP contribution in [0.2, 0.25) is 0 Å². The molecule has 1 aromatic heterocycles. The molecule has 0 aliphatic carbocycles. The summed E-state index contributed by atoms with van der Waals surface area (Å²) in [5.74, 6) is 3.37. The zero-order valence-corrected chi connectivity index (χ0v) is 16.6. The first-order valence-electron chi connectivity index (χ1n) is 9.84. The van der Waals surface area contributed by atoms with Crippen LogP contribution in [0.25, 0.3) is 0 Å². The second-order valence-electron chi connectivity index (χ2n) is 8.59. The van der Waals surface area contributed by atoms with Gasteiger partial charge in [-0.2, -0.15) is 0 Å². The molecule has 0 atom stereocenters. The number of anilines is 1. The Labute approximate surface area is 156 Å². The fourth-order valence-corrected chi connectivity index (χ4v) is 4.10. The number of hydrogen-bond acceptors (Lipinski definition) is 5. The lowest BCUT2D eigenvalue weighted by molar-refractivity contribution is 0.0152. The number of ether oxygens (including phenoxy) is 1. The molecular weight excluding hydrogens is 328 g/mol. The molecule has 0 unspecified atom stereocenters. The van der Waals surface area contributed by atoms with E-state index >= 15 is 0 Å². The van der Waals surface area contributed by atoms with E-state index in [1.165, 1.54) is 12.8 Å². The molecule has 2 saturated heterocycles. The number of rotatable bonds is 2. The Morgan fingerprint density at radius 1 is 1.08 bits per heavy atom. The van der Waals surface area contributed by atoms with Crippen LogP contribution in [0.3, 0.4) is 0 Å². The third kappa shape index (κ3) is 4.86. The zero-order valence-electron chi connectivity index (χ0n) is 16.6. The van der Waals surface area contributed by atoms with Crippen LogP contribution < -0.4 is 4.90 Å². The number of aryl methyl sites for hydroxylation is 1. The van der Waals surface area contributed by atoms with Gasteiger partial charge in [-0.3, -0.25) is 0 Å². The highest BCUT2D eigenvalue weighted by Crippen LogP contribution is 2.33. The predicted octanol–water partition coefficient (Wildman–Crippen LogP) is 3.65. The molecule has 3 heterocycles. The molecule has 0 aromatic carbocycles.